The maximum atomic E-state index is 12.7. The topological polar surface area (TPSA) is 60.5 Å². The molecule has 3 aromatic rings. The van der Waals surface area contributed by atoms with E-state index in [1.807, 2.05) is 56.3 Å². The predicted octanol–water partition coefficient (Wildman–Crippen LogP) is 5.44. The number of nitrogens with zero attached hydrogens (tertiary/aromatic N) is 1. The van der Waals surface area contributed by atoms with Gasteiger partial charge in [0.1, 0.15) is 17.0 Å². The largest absolute Gasteiger partial charge is 0.491 e. The van der Waals surface area contributed by atoms with E-state index in [4.69, 9.17) is 9.47 Å². The summed E-state index contributed by atoms with van der Waals surface area (Å²) in [5.41, 5.74) is 3.75. The highest BCUT2D eigenvalue weighted by atomic mass is 16.5. The van der Waals surface area contributed by atoms with Gasteiger partial charge in [0.05, 0.1) is 12.3 Å². The first-order valence-electron chi connectivity index (χ1n) is 10.0. The van der Waals surface area contributed by atoms with Crippen LogP contribution < -0.4 is 14.8 Å². The van der Waals surface area contributed by atoms with Gasteiger partial charge in [0.25, 0.3) is 5.91 Å². The molecule has 5 heteroatoms. The van der Waals surface area contributed by atoms with E-state index >= 15 is 0 Å². The molecule has 0 spiro atoms. The highest BCUT2D eigenvalue weighted by Gasteiger charge is 2.17. The van der Waals surface area contributed by atoms with E-state index < -0.39 is 6.10 Å². The number of carbonyl (C=O) groups excluding carboxylic acids is 1. The van der Waals surface area contributed by atoms with Crippen LogP contribution in [0.5, 0.6) is 11.5 Å². The minimum atomic E-state index is -0.635. The van der Waals surface area contributed by atoms with Crippen LogP contribution in [0, 0.1) is 13.8 Å². The molecular weight excluding hydrogens is 364 g/mol. The Balaban J connectivity index is 1.75. The van der Waals surface area contributed by atoms with Gasteiger partial charge in [-0.2, -0.15) is 0 Å². The average Bonchev–Trinajstić information content (AvgIpc) is 2.72. The number of amides is 1. The Kier molecular flexibility index (Phi) is 6.70. The van der Waals surface area contributed by atoms with Crippen LogP contribution in [0.2, 0.25) is 0 Å². The van der Waals surface area contributed by atoms with Crippen LogP contribution in [0.25, 0.3) is 10.9 Å². The molecule has 1 amide bonds. The fourth-order valence-electron chi connectivity index (χ4n) is 2.98. The number of anilines is 1. The fourth-order valence-corrected chi connectivity index (χ4v) is 2.98. The second-order valence-electron chi connectivity index (χ2n) is 7.21. The van der Waals surface area contributed by atoms with Crippen LogP contribution in [0.1, 0.15) is 37.8 Å². The Morgan fingerprint density at radius 1 is 1.14 bits per heavy atom. The zero-order chi connectivity index (χ0) is 20.8. The number of fused-ring (bicyclic) bond motifs is 1. The Labute approximate surface area is 172 Å². The van der Waals surface area contributed by atoms with E-state index in [-0.39, 0.29) is 5.91 Å². The average molecular weight is 392 g/mol. The highest BCUT2D eigenvalue weighted by molar-refractivity contribution is 6.04. The summed E-state index contributed by atoms with van der Waals surface area (Å²) in [6.45, 7) is 8.58. The predicted molar refractivity (Wildman–Crippen MR) is 117 cm³/mol. The molecule has 0 bridgehead atoms. The molecule has 1 atom stereocenters. The molecule has 0 saturated carbocycles. The second-order valence-corrected chi connectivity index (χ2v) is 7.21. The van der Waals surface area contributed by atoms with E-state index in [2.05, 4.69) is 17.2 Å². The summed E-state index contributed by atoms with van der Waals surface area (Å²) in [5.74, 6) is 1.20. The van der Waals surface area contributed by atoms with Gasteiger partial charge >= 0.3 is 0 Å². The van der Waals surface area contributed by atoms with Crippen molar-refractivity contribution in [2.75, 3.05) is 11.9 Å². The number of ether oxygens (including phenoxy) is 2. The number of hydrogen-bond acceptors (Lipinski definition) is 4. The van der Waals surface area contributed by atoms with Crippen LogP contribution in [0.15, 0.2) is 48.7 Å². The minimum Gasteiger partial charge on any atom is -0.491 e. The van der Waals surface area contributed by atoms with E-state index in [0.29, 0.717) is 18.0 Å². The van der Waals surface area contributed by atoms with Gasteiger partial charge in [-0.3, -0.25) is 9.78 Å². The van der Waals surface area contributed by atoms with Gasteiger partial charge in [0.15, 0.2) is 6.10 Å². The zero-order valence-electron chi connectivity index (χ0n) is 17.5. The van der Waals surface area contributed by atoms with Gasteiger partial charge in [0, 0.05) is 11.6 Å². The molecule has 0 aliphatic rings. The number of benzene rings is 2. The summed E-state index contributed by atoms with van der Waals surface area (Å²) in [6, 6.07) is 13.3. The third-order valence-electron chi connectivity index (χ3n) is 4.91. The molecule has 1 N–H and O–H groups in total. The summed E-state index contributed by atoms with van der Waals surface area (Å²) >= 11 is 0. The van der Waals surface area contributed by atoms with E-state index in [1.54, 1.807) is 13.1 Å². The maximum Gasteiger partial charge on any atom is 0.265 e. The van der Waals surface area contributed by atoms with E-state index in [1.165, 1.54) is 5.56 Å². The third kappa shape index (κ3) is 5.05. The number of hydrogen-bond donors (Lipinski definition) is 1. The molecule has 152 valence electrons. The normalized spacial score (nSPS) is 11.9. The van der Waals surface area contributed by atoms with Crippen molar-refractivity contribution in [3.8, 4) is 11.5 Å². The summed E-state index contributed by atoms with van der Waals surface area (Å²) < 4.78 is 11.7. The van der Waals surface area contributed by atoms with Crippen molar-refractivity contribution in [3.63, 3.8) is 0 Å². The minimum absolute atomic E-state index is 0.215. The maximum absolute atomic E-state index is 12.7. The SMILES string of the molecule is CCCCOc1ccc(NC(=O)C(C)Oc2ccc(C)c(C)c2)c2cccnc12. The van der Waals surface area contributed by atoms with Gasteiger partial charge in [-0.1, -0.05) is 19.4 Å². The van der Waals surface area contributed by atoms with Crippen LogP contribution in [0.4, 0.5) is 5.69 Å². The Bertz CT molecular complexity index is 1000. The van der Waals surface area contributed by atoms with Crippen LogP contribution >= 0.6 is 0 Å². The van der Waals surface area contributed by atoms with E-state index in [9.17, 15) is 4.79 Å². The Morgan fingerprint density at radius 2 is 1.97 bits per heavy atom. The molecule has 0 radical (unpaired) electrons. The first-order valence-corrected chi connectivity index (χ1v) is 10.0. The number of pyridine rings is 1. The first-order chi connectivity index (χ1) is 14.0. The van der Waals surface area contributed by atoms with Crippen molar-refractivity contribution in [1.29, 1.82) is 0 Å². The number of nitrogens with one attached hydrogen (secondary N) is 1. The lowest BCUT2D eigenvalue weighted by atomic mass is 10.1. The van der Waals surface area contributed by atoms with Crippen LogP contribution in [-0.4, -0.2) is 23.6 Å². The van der Waals surface area contributed by atoms with Crippen molar-refractivity contribution in [2.24, 2.45) is 0 Å². The van der Waals surface area contributed by atoms with Crippen molar-refractivity contribution in [2.45, 2.75) is 46.6 Å². The fraction of sp³-hybridized carbons (Fsp3) is 0.333. The smallest absolute Gasteiger partial charge is 0.265 e. The molecule has 2 aromatic carbocycles. The van der Waals surface area contributed by atoms with Crippen molar-refractivity contribution in [3.05, 3.63) is 59.8 Å². The molecule has 0 aliphatic heterocycles. The molecule has 1 aromatic heterocycles. The summed E-state index contributed by atoms with van der Waals surface area (Å²) in [7, 11) is 0. The standard InChI is InChI=1S/C24H28N2O3/c1-5-6-14-28-22-12-11-21(20-8-7-13-25-23(20)22)26-24(27)18(4)29-19-10-9-16(2)17(3)15-19/h7-13,15,18H,5-6,14H2,1-4H3,(H,26,27). The van der Waals surface area contributed by atoms with Gasteiger partial charge in [0.2, 0.25) is 0 Å². The lowest BCUT2D eigenvalue weighted by molar-refractivity contribution is -0.122. The molecule has 5 nitrogen and oxygen atoms in total. The number of aromatic nitrogens is 1. The molecule has 0 aliphatic carbocycles. The van der Waals surface area contributed by atoms with Crippen molar-refractivity contribution >= 4 is 22.5 Å². The van der Waals surface area contributed by atoms with Crippen LogP contribution in [-0.2, 0) is 4.79 Å². The molecule has 0 fully saturated rings. The number of rotatable bonds is 8. The van der Waals surface area contributed by atoms with Crippen LogP contribution in [0.3, 0.4) is 0 Å². The molecule has 29 heavy (non-hydrogen) atoms. The number of aryl methyl sites for hydroxylation is 2. The highest BCUT2D eigenvalue weighted by Crippen LogP contribution is 2.30. The Hall–Kier alpha value is -3.08. The lowest BCUT2D eigenvalue weighted by Crippen LogP contribution is -2.30. The van der Waals surface area contributed by atoms with E-state index in [0.717, 1.165) is 35.1 Å². The number of unbranched alkanes of at least 4 members (excludes halogenated alkanes) is 1. The quantitative estimate of drug-likeness (QED) is 0.519. The molecular formula is C24H28N2O3. The second kappa shape index (κ2) is 9.41. The molecule has 0 saturated heterocycles. The summed E-state index contributed by atoms with van der Waals surface area (Å²) in [4.78, 5) is 17.2. The Morgan fingerprint density at radius 3 is 2.72 bits per heavy atom. The van der Waals surface area contributed by atoms with Gasteiger partial charge in [-0.25, -0.2) is 0 Å². The molecule has 3 rings (SSSR count). The lowest BCUT2D eigenvalue weighted by Gasteiger charge is -2.17. The molecule has 1 heterocycles. The van der Waals surface area contributed by atoms with Gasteiger partial charge in [-0.15, -0.1) is 0 Å². The summed E-state index contributed by atoms with van der Waals surface area (Å²) in [5, 5.41) is 3.81. The summed E-state index contributed by atoms with van der Waals surface area (Å²) in [6.07, 6.45) is 3.15. The van der Waals surface area contributed by atoms with Gasteiger partial charge < -0.3 is 14.8 Å². The monoisotopic (exact) mass is 392 g/mol. The molecule has 1 unspecified atom stereocenters. The number of carbonyl (C=O) groups is 1. The van der Waals surface area contributed by atoms with Crippen molar-refractivity contribution in [1.82, 2.24) is 4.98 Å². The first kappa shape index (κ1) is 20.6. The van der Waals surface area contributed by atoms with Gasteiger partial charge in [-0.05, 0) is 74.7 Å². The van der Waals surface area contributed by atoms with Crippen molar-refractivity contribution < 1.29 is 14.3 Å². The third-order valence-corrected chi connectivity index (χ3v) is 4.91. The zero-order valence-corrected chi connectivity index (χ0v) is 17.5.